The normalized spacial score (nSPS) is 12.6. The number of aryl methyl sites for hydroxylation is 1. The molecule has 3 aromatic rings. The maximum atomic E-state index is 13.7. The molecule has 3 rings (SSSR count). The lowest BCUT2D eigenvalue weighted by molar-refractivity contribution is -0.274. The van der Waals surface area contributed by atoms with Crippen LogP contribution >= 0.6 is 0 Å². The molecule has 1 amide bonds. The summed E-state index contributed by atoms with van der Waals surface area (Å²) in [5, 5.41) is 13.4. The Labute approximate surface area is 211 Å². The summed E-state index contributed by atoms with van der Waals surface area (Å²) in [5.74, 6) is -2.72. The number of primary amides is 1. The maximum Gasteiger partial charge on any atom is 0.573 e. The lowest BCUT2D eigenvalue weighted by Gasteiger charge is -2.21. The van der Waals surface area contributed by atoms with Crippen molar-refractivity contribution in [1.82, 2.24) is 9.97 Å². The fourth-order valence-electron chi connectivity index (χ4n) is 3.27. The van der Waals surface area contributed by atoms with E-state index in [1.165, 1.54) is 25.3 Å². The van der Waals surface area contributed by atoms with E-state index in [1.54, 1.807) is 0 Å². The number of hydrogen-bond donors (Lipinski definition) is 3. The molecule has 9 nitrogen and oxygen atoms in total. The Morgan fingerprint density at radius 3 is 2.37 bits per heavy atom. The van der Waals surface area contributed by atoms with E-state index < -0.39 is 53.1 Å². The summed E-state index contributed by atoms with van der Waals surface area (Å²) in [4.78, 5) is 19.1. The van der Waals surface area contributed by atoms with Crippen LogP contribution in [0.5, 0.6) is 23.0 Å². The zero-order valence-electron chi connectivity index (χ0n) is 19.6. The van der Waals surface area contributed by atoms with Crippen LogP contribution in [0, 0.1) is 0 Å². The van der Waals surface area contributed by atoms with Gasteiger partial charge in [-0.05, 0) is 36.8 Å². The number of methoxy groups -OCH3 is 1. The molecule has 2 aromatic heterocycles. The molecule has 0 bridgehead atoms. The predicted octanol–water partition coefficient (Wildman–Crippen LogP) is 4.96. The molecular formula is C23H20F6N4O5. The topological polar surface area (TPSA) is 129 Å². The lowest BCUT2D eigenvalue weighted by atomic mass is 10.1. The molecule has 0 saturated carbocycles. The van der Waals surface area contributed by atoms with Crippen LogP contribution in [0.2, 0.25) is 0 Å². The Bertz CT molecular complexity index is 1320. The monoisotopic (exact) mass is 546 g/mol. The summed E-state index contributed by atoms with van der Waals surface area (Å²) in [6, 6.07) is 5.81. The van der Waals surface area contributed by atoms with Crippen LogP contribution in [0.4, 0.5) is 32.0 Å². The Morgan fingerprint density at radius 1 is 1.08 bits per heavy atom. The van der Waals surface area contributed by atoms with Crippen LogP contribution < -0.4 is 25.3 Å². The second-order valence-electron chi connectivity index (χ2n) is 7.52. The van der Waals surface area contributed by atoms with Gasteiger partial charge in [0, 0.05) is 18.0 Å². The number of halogens is 6. The van der Waals surface area contributed by atoms with Gasteiger partial charge in [0.05, 0.1) is 18.4 Å². The minimum Gasteiger partial charge on any atom is -0.493 e. The van der Waals surface area contributed by atoms with Gasteiger partial charge >= 0.3 is 12.5 Å². The summed E-state index contributed by atoms with van der Waals surface area (Å²) >= 11 is 0. The highest BCUT2D eigenvalue weighted by atomic mass is 19.4. The van der Waals surface area contributed by atoms with Gasteiger partial charge in [0.1, 0.15) is 17.1 Å². The summed E-state index contributed by atoms with van der Waals surface area (Å²) in [5.41, 5.74) is 3.20. The van der Waals surface area contributed by atoms with Crippen LogP contribution in [-0.4, -0.2) is 34.5 Å². The average molecular weight is 546 g/mol. The number of pyridine rings is 2. The Balaban J connectivity index is 2.07. The number of nitrogens with one attached hydrogen (secondary N) is 1. The minimum absolute atomic E-state index is 0.123. The number of alkyl halides is 6. The highest BCUT2D eigenvalue weighted by molar-refractivity contribution is 5.91. The van der Waals surface area contributed by atoms with Gasteiger partial charge in [0.2, 0.25) is 0 Å². The number of aliphatic hydroxyl groups excluding tert-OH is 1. The molecule has 1 atom stereocenters. The molecule has 2 heterocycles. The first kappa shape index (κ1) is 28.3. The first-order valence-corrected chi connectivity index (χ1v) is 10.6. The van der Waals surface area contributed by atoms with Crippen molar-refractivity contribution in [3.8, 4) is 23.0 Å². The van der Waals surface area contributed by atoms with Crippen LogP contribution in [-0.2, 0) is 12.6 Å². The molecule has 0 aliphatic heterocycles. The summed E-state index contributed by atoms with van der Waals surface area (Å²) in [7, 11) is 1.09. The molecule has 4 N–H and O–H groups in total. The van der Waals surface area contributed by atoms with Gasteiger partial charge in [-0.1, -0.05) is 6.92 Å². The van der Waals surface area contributed by atoms with Gasteiger partial charge in [0.25, 0.3) is 5.91 Å². The zero-order chi connectivity index (χ0) is 28.3. The first-order valence-electron chi connectivity index (χ1n) is 10.6. The van der Waals surface area contributed by atoms with E-state index in [-0.39, 0.29) is 29.3 Å². The number of nitrogens with two attached hydrogens (primary N) is 1. The van der Waals surface area contributed by atoms with Crippen molar-refractivity contribution < 1.29 is 50.5 Å². The Kier molecular flexibility index (Phi) is 8.19. The molecule has 1 aromatic carbocycles. The second kappa shape index (κ2) is 11.0. The smallest absolute Gasteiger partial charge is 0.493 e. The van der Waals surface area contributed by atoms with E-state index in [0.717, 1.165) is 25.3 Å². The number of amides is 1. The van der Waals surface area contributed by atoms with E-state index in [1.807, 2.05) is 0 Å². The van der Waals surface area contributed by atoms with Crippen LogP contribution in [0.15, 0.2) is 42.6 Å². The molecule has 15 heteroatoms. The SMILES string of the molecule is CCc1nc(C(O)Nc2ccnc(C(N)=O)c2)c(Oc2ccc(OC(F)(F)F)cc2OC)cc1C(F)(F)F. The summed E-state index contributed by atoms with van der Waals surface area (Å²) < 4.78 is 93.3. The number of hydrogen-bond acceptors (Lipinski definition) is 8. The Morgan fingerprint density at radius 2 is 1.79 bits per heavy atom. The fourth-order valence-corrected chi connectivity index (χ4v) is 3.27. The van der Waals surface area contributed by atoms with Crippen LogP contribution in [0.1, 0.15) is 40.6 Å². The number of ether oxygens (including phenoxy) is 3. The number of aliphatic hydroxyl groups is 1. The standard InChI is InChI=1S/C23H20F6N4O5/c1-3-14-13(22(24,25)26)10-18(37-16-5-4-12(9-17(16)36-2)38-23(27,28)29)19(33-14)21(35)32-11-6-7-31-15(8-11)20(30)34/h4-10,21,35H,3H2,1-2H3,(H2,30,34)(H,31,32). The number of rotatable bonds is 9. The van der Waals surface area contributed by atoms with Crippen molar-refractivity contribution >= 4 is 11.6 Å². The third-order valence-corrected chi connectivity index (χ3v) is 4.90. The first-order chi connectivity index (χ1) is 17.7. The van der Waals surface area contributed by atoms with Crippen molar-refractivity contribution in [3.05, 3.63) is 65.2 Å². The zero-order valence-corrected chi connectivity index (χ0v) is 19.6. The van der Waals surface area contributed by atoms with Crippen LogP contribution in [0.25, 0.3) is 0 Å². The van der Waals surface area contributed by atoms with E-state index in [4.69, 9.17) is 15.2 Å². The van der Waals surface area contributed by atoms with Gasteiger partial charge in [-0.2, -0.15) is 13.2 Å². The lowest BCUT2D eigenvalue weighted by Crippen LogP contribution is -2.18. The van der Waals surface area contributed by atoms with Gasteiger partial charge in [-0.3, -0.25) is 9.78 Å². The van der Waals surface area contributed by atoms with Crippen molar-refractivity contribution in [2.75, 3.05) is 12.4 Å². The minimum atomic E-state index is -5.00. The van der Waals surface area contributed by atoms with Crippen molar-refractivity contribution in [1.29, 1.82) is 0 Å². The molecule has 204 valence electrons. The predicted molar refractivity (Wildman–Crippen MR) is 120 cm³/mol. The summed E-state index contributed by atoms with van der Waals surface area (Å²) in [6.45, 7) is 1.42. The average Bonchev–Trinajstić information content (AvgIpc) is 2.83. The Hall–Kier alpha value is -4.27. The molecular weight excluding hydrogens is 526 g/mol. The van der Waals surface area contributed by atoms with Crippen LogP contribution in [0.3, 0.4) is 0 Å². The summed E-state index contributed by atoms with van der Waals surface area (Å²) in [6.07, 6.45) is -10.6. The third-order valence-electron chi connectivity index (χ3n) is 4.90. The van der Waals surface area contributed by atoms with E-state index in [2.05, 4.69) is 20.0 Å². The van der Waals surface area contributed by atoms with E-state index in [9.17, 15) is 36.2 Å². The molecule has 1 unspecified atom stereocenters. The fraction of sp³-hybridized carbons (Fsp3) is 0.261. The van der Waals surface area contributed by atoms with E-state index in [0.29, 0.717) is 6.07 Å². The molecule has 0 radical (unpaired) electrons. The number of carbonyl (C=O) groups is 1. The molecule has 38 heavy (non-hydrogen) atoms. The molecule has 0 aliphatic carbocycles. The second-order valence-corrected chi connectivity index (χ2v) is 7.52. The molecule has 0 saturated heterocycles. The third kappa shape index (κ3) is 6.94. The van der Waals surface area contributed by atoms with Crippen molar-refractivity contribution in [2.24, 2.45) is 5.73 Å². The van der Waals surface area contributed by atoms with Gasteiger partial charge < -0.3 is 30.4 Å². The van der Waals surface area contributed by atoms with Gasteiger partial charge in [-0.25, -0.2) is 4.98 Å². The molecule has 0 aliphatic rings. The quantitative estimate of drug-likeness (QED) is 0.254. The van der Waals surface area contributed by atoms with Crippen molar-refractivity contribution in [2.45, 2.75) is 32.1 Å². The number of nitrogens with zero attached hydrogens (tertiary/aromatic N) is 2. The largest absolute Gasteiger partial charge is 0.573 e. The highest BCUT2D eigenvalue weighted by Gasteiger charge is 2.36. The molecule has 0 spiro atoms. The molecule has 0 fully saturated rings. The van der Waals surface area contributed by atoms with E-state index >= 15 is 0 Å². The number of benzene rings is 1. The number of aromatic nitrogens is 2. The highest BCUT2D eigenvalue weighted by Crippen LogP contribution is 2.41. The maximum absolute atomic E-state index is 13.7. The number of carbonyl (C=O) groups excluding carboxylic acids is 1. The number of anilines is 1. The van der Waals surface area contributed by atoms with Gasteiger partial charge in [0.15, 0.2) is 23.5 Å². The van der Waals surface area contributed by atoms with Gasteiger partial charge in [-0.15, -0.1) is 13.2 Å². The van der Waals surface area contributed by atoms with Crippen molar-refractivity contribution in [3.63, 3.8) is 0 Å².